The number of aromatic nitrogens is 1. The number of carbonyl (C=O) groups excluding carboxylic acids is 2. The van der Waals surface area contributed by atoms with Gasteiger partial charge in [0.2, 0.25) is 5.91 Å². The van der Waals surface area contributed by atoms with Crippen LogP contribution in [0.3, 0.4) is 0 Å². The number of nitrogens with one attached hydrogen (secondary N) is 1. The standard InChI is InChI=1S/C23H30N4O2S/c1-17-20(6-7-21(25-17)19-8-15-30-16-19)22(28)24-9-10-26-11-13-27(14-12-26)23(29)18-4-2-3-5-18/h6-8,15-16,18H,2-5,9-14H2,1H3,(H,24,28). The Morgan fingerprint density at radius 2 is 1.90 bits per heavy atom. The first kappa shape index (κ1) is 21.0. The monoisotopic (exact) mass is 426 g/mol. The van der Waals surface area contributed by atoms with E-state index in [1.165, 1.54) is 12.8 Å². The molecule has 0 bridgehead atoms. The van der Waals surface area contributed by atoms with E-state index in [4.69, 9.17) is 0 Å². The lowest BCUT2D eigenvalue weighted by Crippen LogP contribution is -2.51. The zero-order chi connectivity index (χ0) is 20.9. The van der Waals surface area contributed by atoms with Gasteiger partial charge in [0, 0.05) is 56.1 Å². The summed E-state index contributed by atoms with van der Waals surface area (Å²) >= 11 is 1.64. The van der Waals surface area contributed by atoms with Crippen LogP contribution in [0.15, 0.2) is 29.0 Å². The van der Waals surface area contributed by atoms with Gasteiger partial charge in [-0.25, -0.2) is 0 Å². The average Bonchev–Trinajstić information content (AvgIpc) is 3.48. The van der Waals surface area contributed by atoms with E-state index < -0.39 is 0 Å². The number of piperazine rings is 1. The minimum absolute atomic E-state index is 0.0769. The highest BCUT2D eigenvalue weighted by Crippen LogP contribution is 2.27. The molecule has 2 aromatic rings. The van der Waals surface area contributed by atoms with Crippen LogP contribution in [0.2, 0.25) is 0 Å². The van der Waals surface area contributed by atoms with Gasteiger partial charge in [0.15, 0.2) is 0 Å². The minimum atomic E-state index is -0.0769. The third-order valence-corrected chi connectivity index (χ3v) is 6.93. The molecule has 4 rings (SSSR count). The van der Waals surface area contributed by atoms with E-state index in [2.05, 4.69) is 20.6 Å². The lowest BCUT2D eigenvalue weighted by Gasteiger charge is -2.36. The molecule has 0 spiro atoms. The highest BCUT2D eigenvalue weighted by molar-refractivity contribution is 7.08. The molecule has 0 aromatic carbocycles. The molecule has 0 atom stereocenters. The molecule has 6 nitrogen and oxygen atoms in total. The van der Waals surface area contributed by atoms with Crippen molar-refractivity contribution < 1.29 is 9.59 Å². The maximum atomic E-state index is 12.6. The normalized spacial score (nSPS) is 18.0. The predicted octanol–water partition coefficient (Wildman–Crippen LogP) is 3.18. The van der Waals surface area contributed by atoms with Gasteiger partial charge < -0.3 is 10.2 Å². The Bertz CT molecular complexity index is 869. The van der Waals surface area contributed by atoms with Gasteiger partial charge in [-0.05, 0) is 43.3 Å². The quantitative estimate of drug-likeness (QED) is 0.771. The van der Waals surface area contributed by atoms with Crippen LogP contribution >= 0.6 is 11.3 Å². The fourth-order valence-corrected chi connectivity index (χ4v) is 5.07. The van der Waals surface area contributed by atoms with Crippen molar-refractivity contribution in [2.45, 2.75) is 32.6 Å². The van der Waals surface area contributed by atoms with E-state index in [9.17, 15) is 9.59 Å². The van der Waals surface area contributed by atoms with E-state index >= 15 is 0 Å². The summed E-state index contributed by atoms with van der Waals surface area (Å²) in [4.78, 5) is 34.1. The molecule has 7 heteroatoms. The summed E-state index contributed by atoms with van der Waals surface area (Å²) in [5, 5.41) is 7.10. The van der Waals surface area contributed by atoms with Crippen molar-refractivity contribution in [3.05, 3.63) is 40.2 Å². The van der Waals surface area contributed by atoms with Gasteiger partial charge in [-0.15, -0.1) is 0 Å². The number of aryl methyl sites for hydroxylation is 1. The first-order valence-corrected chi connectivity index (χ1v) is 11.9. The van der Waals surface area contributed by atoms with Gasteiger partial charge in [0.1, 0.15) is 0 Å². The lowest BCUT2D eigenvalue weighted by atomic mass is 10.1. The molecule has 1 saturated heterocycles. The van der Waals surface area contributed by atoms with Gasteiger partial charge in [0.25, 0.3) is 5.91 Å². The molecule has 3 heterocycles. The van der Waals surface area contributed by atoms with E-state index in [1.807, 2.05) is 35.4 Å². The van der Waals surface area contributed by atoms with E-state index in [-0.39, 0.29) is 11.8 Å². The van der Waals surface area contributed by atoms with Crippen LogP contribution in [-0.2, 0) is 4.79 Å². The number of thiophene rings is 1. The second kappa shape index (κ2) is 9.71. The summed E-state index contributed by atoms with van der Waals surface area (Å²) in [5.74, 6) is 0.542. The van der Waals surface area contributed by atoms with E-state index in [0.717, 1.165) is 62.5 Å². The molecule has 2 aliphatic rings. The van der Waals surface area contributed by atoms with Crippen molar-refractivity contribution >= 4 is 23.2 Å². The first-order chi connectivity index (χ1) is 14.6. The van der Waals surface area contributed by atoms with Crippen LogP contribution in [0.1, 0.15) is 41.7 Å². The van der Waals surface area contributed by atoms with Gasteiger partial charge >= 0.3 is 0 Å². The third-order valence-electron chi connectivity index (χ3n) is 6.25. The number of carbonyl (C=O) groups is 2. The second-order valence-corrected chi connectivity index (χ2v) is 9.03. The highest BCUT2D eigenvalue weighted by Gasteiger charge is 2.29. The van der Waals surface area contributed by atoms with Crippen molar-refractivity contribution in [3.63, 3.8) is 0 Å². The van der Waals surface area contributed by atoms with E-state index in [1.54, 1.807) is 11.3 Å². The molecule has 0 radical (unpaired) electrons. The summed E-state index contributed by atoms with van der Waals surface area (Å²) in [6.07, 6.45) is 4.52. The fraction of sp³-hybridized carbons (Fsp3) is 0.522. The van der Waals surface area contributed by atoms with Crippen LogP contribution in [0.4, 0.5) is 0 Å². The number of hydrogen-bond acceptors (Lipinski definition) is 5. The van der Waals surface area contributed by atoms with Gasteiger partial charge in [0.05, 0.1) is 17.0 Å². The van der Waals surface area contributed by atoms with Crippen molar-refractivity contribution in [1.29, 1.82) is 0 Å². The Hall–Kier alpha value is -2.25. The number of amides is 2. The Morgan fingerprint density at radius 1 is 1.13 bits per heavy atom. The smallest absolute Gasteiger partial charge is 0.253 e. The summed E-state index contributed by atoms with van der Waals surface area (Å²) in [6, 6.07) is 5.80. The lowest BCUT2D eigenvalue weighted by molar-refractivity contribution is -0.137. The van der Waals surface area contributed by atoms with Gasteiger partial charge in [-0.1, -0.05) is 12.8 Å². The minimum Gasteiger partial charge on any atom is -0.351 e. The Labute approximate surface area is 182 Å². The molecule has 1 aliphatic heterocycles. The number of nitrogens with zero attached hydrogens (tertiary/aromatic N) is 3. The second-order valence-electron chi connectivity index (χ2n) is 8.25. The largest absolute Gasteiger partial charge is 0.351 e. The fourth-order valence-electron chi connectivity index (χ4n) is 4.42. The van der Waals surface area contributed by atoms with Crippen LogP contribution in [0, 0.1) is 12.8 Å². The molecule has 30 heavy (non-hydrogen) atoms. The molecular formula is C23H30N4O2S. The van der Waals surface area contributed by atoms with E-state index in [0.29, 0.717) is 18.0 Å². The van der Waals surface area contributed by atoms with Crippen molar-refractivity contribution in [2.75, 3.05) is 39.3 Å². The van der Waals surface area contributed by atoms with Crippen LogP contribution in [0.5, 0.6) is 0 Å². The third kappa shape index (κ3) is 4.90. The molecular weight excluding hydrogens is 396 g/mol. The van der Waals surface area contributed by atoms with Crippen molar-refractivity contribution in [2.24, 2.45) is 5.92 Å². The first-order valence-electron chi connectivity index (χ1n) is 10.9. The number of rotatable bonds is 6. The molecule has 1 aliphatic carbocycles. The zero-order valence-corrected chi connectivity index (χ0v) is 18.4. The summed E-state index contributed by atoms with van der Waals surface area (Å²) in [7, 11) is 0. The summed E-state index contributed by atoms with van der Waals surface area (Å²) in [6.45, 7) is 6.64. The SMILES string of the molecule is Cc1nc(-c2ccsc2)ccc1C(=O)NCCN1CCN(C(=O)C2CCCC2)CC1. The Kier molecular flexibility index (Phi) is 6.79. The zero-order valence-electron chi connectivity index (χ0n) is 17.6. The maximum Gasteiger partial charge on any atom is 0.253 e. The van der Waals surface area contributed by atoms with Crippen molar-refractivity contribution in [3.8, 4) is 11.3 Å². The van der Waals surface area contributed by atoms with Gasteiger partial charge in [-0.2, -0.15) is 11.3 Å². The summed E-state index contributed by atoms with van der Waals surface area (Å²) in [5.41, 5.74) is 3.35. The van der Waals surface area contributed by atoms with Crippen LogP contribution in [-0.4, -0.2) is 65.9 Å². The highest BCUT2D eigenvalue weighted by atomic mass is 32.1. The molecule has 160 valence electrons. The molecule has 2 amide bonds. The number of hydrogen-bond donors (Lipinski definition) is 1. The predicted molar refractivity (Wildman–Crippen MR) is 120 cm³/mol. The molecule has 2 aromatic heterocycles. The summed E-state index contributed by atoms with van der Waals surface area (Å²) < 4.78 is 0. The van der Waals surface area contributed by atoms with Crippen molar-refractivity contribution in [1.82, 2.24) is 20.1 Å². The van der Waals surface area contributed by atoms with Crippen LogP contribution < -0.4 is 5.32 Å². The molecule has 0 unspecified atom stereocenters. The average molecular weight is 427 g/mol. The molecule has 1 saturated carbocycles. The van der Waals surface area contributed by atoms with Gasteiger partial charge in [-0.3, -0.25) is 19.5 Å². The Morgan fingerprint density at radius 3 is 2.57 bits per heavy atom. The number of pyridine rings is 1. The Balaban J connectivity index is 1.21. The molecule has 1 N–H and O–H groups in total. The molecule has 2 fully saturated rings. The van der Waals surface area contributed by atoms with Crippen LogP contribution in [0.25, 0.3) is 11.3 Å². The topological polar surface area (TPSA) is 65.5 Å². The maximum absolute atomic E-state index is 12.6.